The van der Waals surface area contributed by atoms with Crippen molar-refractivity contribution in [1.82, 2.24) is 5.32 Å². The van der Waals surface area contributed by atoms with Gasteiger partial charge in [-0.3, -0.25) is 9.59 Å². The molecule has 0 aromatic heterocycles. The van der Waals surface area contributed by atoms with Crippen LogP contribution in [0.3, 0.4) is 0 Å². The van der Waals surface area contributed by atoms with Gasteiger partial charge in [0, 0.05) is 24.3 Å². The van der Waals surface area contributed by atoms with E-state index in [1.165, 1.54) is 12.1 Å². The predicted molar refractivity (Wildman–Crippen MR) is 95.4 cm³/mol. The molecule has 2 aromatic carbocycles. The van der Waals surface area contributed by atoms with Crippen LogP contribution in [-0.2, 0) is 17.8 Å². The van der Waals surface area contributed by atoms with E-state index in [1.807, 2.05) is 6.07 Å². The number of hydrogen-bond donors (Lipinski definition) is 1. The topological polar surface area (TPSA) is 49.4 Å². The van der Waals surface area contributed by atoms with Crippen molar-refractivity contribution in [2.45, 2.75) is 19.4 Å². The van der Waals surface area contributed by atoms with E-state index in [1.54, 1.807) is 29.2 Å². The van der Waals surface area contributed by atoms with Gasteiger partial charge in [-0.05, 0) is 54.3 Å². The lowest BCUT2D eigenvalue weighted by molar-refractivity contribution is -0.116. The van der Waals surface area contributed by atoms with E-state index in [0.717, 1.165) is 29.7 Å². The van der Waals surface area contributed by atoms with Crippen LogP contribution in [0.5, 0.6) is 0 Å². The number of hydrogen-bond acceptors (Lipinski definition) is 2. The summed E-state index contributed by atoms with van der Waals surface area (Å²) in [4.78, 5) is 25.9. The first-order valence-electron chi connectivity index (χ1n) is 8.10. The summed E-state index contributed by atoms with van der Waals surface area (Å²) in [5.74, 6) is -0.691. The van der Waals surface area contributed by atoms with Crippen molar-refractivity contribution in [2.75, 3.05) is 17.3 Å². The summed E-state index contributed by atoms with van der Waals surface area (Å²) >= 11 is 5.66. The van der Waals surface area contributed by atoms with Crippen LogP contribution in [0.2, 0.25) is 0 Å². The highest BCUT2D eigenvalue weighted by molar-refractivity contribution is 6.29. The highest BCUT2D eigenvalue weighted by Crippen LogP contribution is 2.28. The monoisotopic (exact) mass is 360 g/mol. The maximum atomic E-state index is 12.9. The minimum absolute atomic E-state index is 0.0562. The van der Waals surface area contributed by atoms with Crippen molar-refractivity contribution in [3.63, 3.8) is 0 Å². The van der Waals surface area contributed by atoms with E-state index in [4.69, 9.17) is 11.6 Å². The highest BCUT2D eigenvalue weighted by atomic mass is 35.5. The van der Waals surface area contributed by atoms with Gasteiger partial charge < -0.3 is 10.2 Å². The van der Waals surface area contributed by atoms with Gasteiger partial charge in [0.05, 0.1) is 0 Å². The van der Waals surface area contributed by atoms with Crippen molar-refractivity contribution < 1.29 is 14.0 Å². The Morgan fingerprint density at radius 2 is 1.92 bits per heavy atom. The first-order valence-corrected chi connectivity index (χ1v) is 8.64. The number of benzene rings is 2. The Morgan fingerprint density at radius 1 is 1.16 bits per heavy atom. The lowest BCUT2D eigenvalue weighted by Gasteiger charge is -2.29. The van der Waals surface area contributed by atoms with Crippen LogP contribution in [0.15, 0.2) is 42.5 Å². The lowest BCUT2D eigenvalue weighted by Crippen LogP contribution is -2.36. The zero-order valence-corrected chi connectivity index (χ0v) is 14.4. The van der Waals surface area contributed by atoms with Crippen LogP contribution in [0, 0.1) is 5.82 Å². The first-order chi connectivity index (χ1) is 12.1. The molecule has 0 radical (unpaired) electrons. The summed E-state index contributed by atoms with van der Waals surface area (Å²) in [6.07, 6.45) is 1.66. The second-order valence-electron chi connectivity index (χ2n) is 5.94. The number of amides is 2. The highest BCUT2D eigenvalue weighted by Gasteiger charge is 2.22. The lowest BCUT2D eigenvalue weighted by atomic mass is 9.99. The number of nitrogens with one attached hydrogen (secondary N) is 1. The molecule has 130 valence electrons. The Hall–Kier alpha value is -2.40. The Bertz CT molecular complexity index is 793. The molecule has 2 amide bonds. The van der Waals surface area contributed by atoms with Crippen LogP contribution in [-0.4, -0.2) is 24.2 Å². The predicted octanol–water partition coefficient (Wildman–Crippen LogP) is 3.27. The number of alkyl halides is 1. The molecule has 1 heterocycles. The van der Waals surface area contributed by atoms with Gasteiger partial charge in [-0.1, -0.05) is 12.1 Å². The van der Waals surface area contributed by atoms with Crippen LogP contribution < -0.4 is 10.2 Å². The minimum Gasteiger partial charge on any atom is -0.348 e. The standard InChI is InChI=1S/C19H18ClFN2O2/c20-11-18(24)23-9-1-2-14-10-15(5-8-17(14)23)19(25)22-12-13-3-6-16(21)7-4-13/h3-8,10H,1-2,9,11-12H2,(H,22,25). The molecule has 1 N–H and O–H groups in total. The SMILES string of the molecule is O=C(NCc1ccc(F)cc1)c1ccc2c(c1)CCCN2C(=O)CCl. The molecule has 25 heavy (non-hydrogen) atoms. The number of anilines is 1. The molecule has 0 spiro atoms. The Kier molecular flexibility index (Phi) is 5.34. The van der Waals surface area contributed by atoms with Gasteiger partial charge in [0.25, 0.3) is 5.91 Å². The average molecular weight is 361 g/mol. The van der Waals surface area contributed by atoms with Crippen LogP contribution in [0.1, 0.15) is 27.9 Å². The van der Waals surface area contributed by atoms with E-state index < -0.39 is 0 Å². The maximum absolute atomic E-state index is 12.9. The molecule has 0 atom stereocenters. The van der Waals surface area contributed by atoms with E-state index in [9.17, 15) is 14.0 Å². The zero-order valence-electron chi connectivity index (χ0n) is 13.6. The smallest absolute Gasteiger partial charge is 0.251 e. The Balaban J connectivity index is 1.71. The van der Waals surface area contributed by atoms with Crippen molar-refractivity contribution in [3.8, 4) is 0 Å². The summed E-state index contributed by atoms with van der Waals surface area (Å²) < 4.78 is 12.9. The van der Waals surface area contributed by atoms with Gasteiger partial charge in [0.15, 0.2) is 0 Å². The molecule has 0 unspecified atom stereocenters. The molecule has 2 aromatic rings. The number of carbonyl (C=O) groups is 2. The normalized spacial score (nSPS) is 13.3. The molecule has 4 nitrogen and oxygen atoms in total. The Labute approximate surface area is 150 Å². The zero-order chi connectivity index (χ0) is 17.8. The largest absolute Gasteiger partial charge is 0.348 e. The summed E-state index contributed by atoms with van der Waals surface area (Å²) in [5, 5.41) is 2.82. The van der Waals surface area contributed by atoms with Gasteiger partial charge in [0.1, 0.15) is 11.7 Å². The number of fused-ring (bicyclic) bond motifs is 1. The molecule has 0 saturated heterocycles. The molecule has 0 bridgehead atoms. The van der Waals surface area contributed by atoms with Gasteiger partial charge >= 0.3 is 0 Å². The van der Waals surface area contributed by atoms with Crippen molar-refractivity contribution in [3.05, 3.63) is 65.0 Å². The molecular formula is C19H18ClFN2O2. The van der Waals surface area contributed by atoms with Crippen molar-refractivity contribution in [1.29, 1.82) is 0 Å². The number of nitrogens with zero attached hydrogens (tertiary/aromatic N) is 1. The van der Waals surface area contributed by atoms with Crippen LogP contribution in [0.25, 0.3) is 0 Å². The Morgan fingerprint density at radius 3 is 2.64 bits per heavy atom. The molecule has 1 aliphatic heterocycles. The fourth-order valence-electron chi connectivity index (χ4n) is 2.96. The second-order valence-corrected chi connectivity index (χ2v) is 6.20. The van der Waals surface area contributed by atoms with Crippen LogP contribution in [0.4, 0.5) is 10.1 Å². The molecule has 1 aliphatic rings. The quantitative estimate of drug-likeness (QED) is 0.851. The van der Waals surface area contributed by atoms with Crippen LogP contribution >= 0.6 is 11.6 Å². The maximum Gasteiger partial charge on any atom is 0.251 e. The number of rotatable bonds is 4. The average Bonchev–Trinajstić information content (AvgIpc) is 2.65. The summed E-state index contributed by atoms with van der Waals surface area (Å²) in [7, 11) is 0. The van der Waals surface area contributed by atoms with Gasteiger partial charge in [-0.15, -0.1) is 11.6 Å². The molecular weight excluding hydrogens is 343 g/mol. The van der Waals surface area contributed by atoms with E-state index in [2.05, 4.69) is 5.32 Å². The van der Waals surface area contributed by atoms with Gasteiger partial charge in [0.2, 0.25) is 5.91 Å². The van der Waals surface area contributed by atoms with E-state index in [0.29, 0.717) is 18.7 Å². The third kappa shape index (κ3) is 3.99. The van der Waals surface area contributed by atoms with Crippen molar-refractivity contribution >= 4 is 29.1 Å². The minimum atomic E-state index is -0.305. The van der Waals surface area contributed by atoms with Gasteiger partial charge in [-0.2, -0.15) is 0 Å². The molecule has 0 saturated carbocycles. The summed E-state index contributed by atoms with van der Waals surface area (Å²) in [6.45, 7) is 0.974. The fraction of sp³-hybridized carbons (Fsp3) is 0.263. The molecule has 3 rings (SSSR count). The number of halogens is 2. The first kappa shape index (κ1) is 17.4. The van der Waals surface area contributed by atoms with Crippen molar-refractivity contribution in [2.24, 2.45) is 0 Å². The van der Waals surface area contributed by atoms with Gasteiger partial charge in [-0.25, -0.2) is 4.39 Å². The molecule has 6 heteroatoms. The van der Waals surface area contributed by atoms with E-state index >= 15 is 0 Å². The fourth-order valence-corrected chi connectivity index (χ4v) is 3.10. The third-order valence-electron chi connectivity index (χ3n) is 4.24. The molecule has 0 fully saturated rings. The van der Waals surface area contributed by atoms with E-state index in [-0.39, 0.29) is 23.5 Å². The summed E-state index contributed by atoms with van der Waals surface area (Å²) in [5.41, 5.74) is 3.17. The third-order valence-corrected chi connectivity index (χ3v) is 4.47. The molecule has 0 aliphatic carbocycles. The second kappa shape index (κ2) is 7.66. The summed E-state index contributed by atoms with van der Waals surface area (Å²) in [6, 6.07) is 11.3. The number of aryl methyl sites for hydroxylation is 1. The number of carbonyl (C=O) groups excluding carboxylic acids is 2.